The Bertz CT molecular complexity index is 734. The molecule has 0 fully saturated rings. The topological polar surface area (TPSA) is 231 Å². The minimum Gasteiger partial charge on any atom is -0.550 e. The molecule has 2 N–H and O–H groups in total. The third-order valence-corrected chi connectivity index (χ3v) is 3.05. The number of esters is 3. The number of carbonyl (C=O) groups excluding carboxylic acids is 6. The largest absolute Gasteiger partial charge is 1.00 e. The zero-order valence-electron chi connectivity index (χ0n) is 17.8. The molecule has 0 aliphatic carbocycles. The molecule has 0 spiro atoms. The Hall–Kier alpha value is 0.693. The summed E-state index contributed by atoms with van der Waals surface area (Å²) in [5.74, 6) is -12.1. The van der Waals surface area contributed by atoms with E-state index in [4.69, 9.17) is 0 Å². The number of carbonyl (C=O) groups is 6. The van der Waals surface area contributed by atoms with Crippen molar-refractivity contribution < 1.29 is 196 Å². The fourth-order valence-corrected chi connectivity index (χ4v) is 1.74. The number of rotatable bonds is 11. The molecule has 16 heteroatoms. The molecule has 0 saturated heterocycles. The van der Waals surface area contributed by atoms with E-state index in [1.807, 2.05) is 0 Å². The van der Waals surface area contributed by atoms with Crippen molar-refractivity contribution in [3.63, 3.8) is 0 Å². The number of aliphatic hydroxyl groups excluding tert-OH is 2. The number of hydrogen-bond donors (Lipinski definition) is 2. The number of ether oxygens (including phenoxy) is 2. The molecule has 32 heavy (non-hydrogen) atoms. The van der Waals surface area contributed by atoms with Gasteiger partial charge in [0, 0.05) is 30.9 Å². The maximum atomic E-state index is 11.8. The van der Waals surface area contributed by atoms with E-state index in [0.29, 0.717) is 0 Å². The standard InChI is InChI=1S/C16H18O13.2K.Na/c1-2-3-4-5-10(21)28-13(24)11(22)12(23)14(25)29-16(15(26)27,6-8(17)18)7-9(19)20;;;/h2-5,11-12,22-23H,6-7H2,1H3,(H,17,18)(H,19,20)(H,26,27);;;/q;3*+1/p-3/b3-2+,5-4+;;;. The first-order valence-corrected chi connectivity index (χ1v) is 7.61. The van der Waals surface area contributed by atoms with Crippen LogP contribution in [-0.4, -0.2) is 63.8 Å². The Morgan fingerprint density at radius 2 is 1.31 bits per heavy atom. The summed E-state index contributed by atoms with van der Waals surface area (Å²) in [6, 6.07) is 0. The van der Waals surface area contributed by atoms with Gasteiger partial charge in [0.05, 0.1) is 5.97 Å². The molecule has 0 bridgehead atoms. The van der Waals surface area contributed by atoms with Crippen molar-refractivity contribution in [3.05, 3.63) is 24.3 Å². The molecule has 0 aromatic rings. The molecule has 0 heterocycles. The van der Waals surface area contributed by atoms with Gasteiger partial charge in [-0.15, -0.1) is 0 Å². The van der Waals surface area contributed by atoms with Crippen molar-refractivity contribution in [2.75, 3.05) is 0 Å². The summed E-state index contributed by atoms with van der Waals surface area (Å²) in [7, 11) is 0. The summed E-state index contributed by atoms with van der Waals surface area (Å²) in [6.07, 6.45) is -4.28. The van der Waals surface area contributed by atoms with Gasteiger partial charge < -0.3 is 49.4 Å². The molecule has 0 aromatic carbocycles. The van der Waals surface area contributed by atoms with Crippen LogP contribution in [0.25, 0.3) is 0 Å². The molecule has 0 saturated carbocycles. The first-order valence-electron chi connectivity index (χ1n) is 7.61. The van der Waals surface area contributed by atoms with E-state index in [1.165, 1.54) is 12.2 Å². The van der Waals surface area contributed by atoms with Gasteiger partial charge in [0.1, 0.15) is 0 Å². The molecule has 0 aromatic heterocycles. The second kappa shape index (κ2) is 19.9. The first-order chi connectivity index (χ1) is 13.4. The van der Waals surface area contributed by atoms with E-state index >= 15 is 0 Å². The minimum atomic E-state index is -3.37. The molecule has 0 radical (unpaired) electrons. The molecule has 2 atom stereocenters. The van der Waals surface area contributed by atoms with Gasteiger partial charge in [-0.3, -0.25) is 0 Å². The number of hydrogen-bond acceptors (Lipinski definition) is 13. The smallest absolute Gasteiger partial charge is 0.550 e. The van der Waals surface area contributed by atoms with Crippen molar-refractivity contribution >= 4 is 35.8 Å². The van der Waals surface area contributed by atoms with Gasteiger partial charge in [0.25, 0.3) is 0 Å². The van der Waals surface area contributed by atoms with Crippen molar-refractivity contribution in [2.45, 2.75) is 37.6 Å². The van der Waals surface area contributed by atoms with E-state index in [1.54, 1.807) is 6.92 Å². The maximum Gasteiger partial charge on any atom is 1.00 e. The van der Waals surface area contributed by atoms with E-state index in [9.17, 15) is 54.3 Å². The minimum absolute atomic E-state index is 0. The zero-order chi connectivity index (χ0) is 22.8. The SMILES string of the molecule is C/C=C/C=C/C(=O)OC(=O)C(O)C(O)C(=O)OC(CC(=O)[O-])(CC(=O)[O-])C(=O)[O-].[K+].[K+].[Na+]. The van der Waals surface area contributed by atoms with Crippen molar-refractivity contribution in [2.24, 2.45) is 0 Å². The molecule has 0 rings (SSSR count). The summed E-state index contributed by atoms with van der Waals surface area (Å²) in [5.41, 5.74) is -3.37. The average Bonchev–Trinajstić information content (AvgIpc) is 2.58. The zero-order valence-corrected chi connectivity index (χ0v) is 26.0. The number of carboxylic acid groups (broad SMARTS) is 3. The number of allylic oxidation sites excluding steroid dienone is 3. The van der Waals surface area contributed by atoms with Crippen LogP contribution in [0, 0.1) is 0 Å². The summed E-state index contributed by atoms with van der Waals surface area (Å²) >= 11 is 0. The first kappa shape index (κ1) is 39.9. The molecule has 13 nitrogen and oxygen atoms in total. The normalized spacial score (nSPS) is 12.3. The van der Waals surface area contributed by atoms with Crippen molar-refractivity contribution in [1.29, 1.82) is 0 Å². The van der Waals surface area contributed by atoms with Gasteiger partial charge in [0.2, 0.25) is 0 Å². The van der Waals surface area contributed by atoms with Crippen LogP contribution < -0.4 is 148 Å². The van der Waals surface area contributed by atoms with Crippen LogP contribution >= 0.6 is 0 Å². The van der Waals surface area contributed by atoms with E-state index in [2.05, 4.69) is 9.47 Å². The number of aliphatic hydroxyl groups is 2. The Kier molecular flexibility index (Phi) is 24.9. The van der Waals surface area contributed by atoms with Crippen molar-refractivity contribution in [1.82, 2.24) is 0 Å². The fourth-order valence-electron chi connectivity index (χ4n) is 1.74. The van der Waals surface area contributed by atoms with Crippen LogP contribution in [0.15, 0.2) is 24.3 Å². The third kappa shape index (κ3) is 14.8. The average molecular weight is 516 g/mol. The summed E-state index contributed by atoms with van der Waals surface area (Å²) in [6.45, 7) is 1.61. The summed E-state index contributed by atoms with van der Waals surface area (Å²) in [5, 5.41) is 51.7. The Labute approximate surface area is 288 Å². The van der Waals surface area contributed by atoms with Crippen LogP contribution in [0.2, 0.25) is 0 Å². The Morgan fingerprint density at radius 1 is 0.875 bits per heavy atom. The van der Waals surface area contributed by atoms with Gasteiger partial charge in [-0.2, -0.15) is 0 Å². The Morgan fingerprint density at radius 3 is 1.69 bits per heavy atom. The number of carboxylic acids is 3. The molecule has 2 unspecified atom stereocenters. The van der Waals surface area contributed by atoms with Gasteiger partial charge >= 0.3 is 150 Å². The Balaban J connectivity index is -0.00000131. The fraction of sp³-hybridized carbons (Fsp3) is 0.375. The van der Waals surface area contributed by atoms with E-state index in [0.717, 1.165) is 12.2 Å². The van der Waals surface area contributed by atoms with Crippen LogP contribution in [0.1, 0.15) is 19.8 Å². The van der Waals surface area contributed by atoms with Gasteiger partial charge in [-0.25, -0.2) is 14.4 Å². The van der Waals surface area contributed by atoms with Gasteiger partial charge in [-0.1, -0.05) is 18.2 Å². The second-order valence-electron chi connectivity index (χ2n) is 5.32. The van der Waals surface area contributed by atoms with Crippen LogP contribution in [0.3, 0.4) is 0 Å². The molecule has 160 valence electrons. The predicted octanol–water partition coefficient (Wildman–Crippen LogP) is -14.8. The van der Waals surface area contributed by atoms with Crippen LogP contribution in [0.4, 0.5) is 0 Å². The molecular weight excluding hydrogens is 501 g/mol. The monoisotopic (exact) mass is 516 g/mol. The molecule has 0 aliphatic rings. The molecular formula is C16H15K2NaO13. The number of aliphatic carboxylic acids is 3. The quantitative estimate of drug-likeness (QED) is 0.0855. The molecule has 0 aliphatic heterocycles. The van der Waals surface area contributed by atoms with Crippen LogP contribution in [0.5, 0.6) is 0 Å². The summed E-state index contributed by atoms with van der Waals surface area (Å²) < 4.78 is 8.25. The van der Waals surface area contributed by atoms with E-state index < -0.39 is 66.5 Å². The second-order valence-corrected chi connectivity index (χ2v) is 5.32. The van der Waals surface area contributed by atoms with Gasteiger partial charge in [0.15, 0.2) is 17.8 Å². The van der Waals surface area contributed by atoms with E-state index in [-0.39, 0.29) is 132 Å². The predicted molar refractivity (Wildman–Crippen MR) is 80.1 cm³/mol. The molecule has 0 amide bonds. The third-order valence-electron chi connectivity index (χ3n) is 3.05. The maximum absolute atomic E-state index is 11.8. The van der Waals surface area contributed by atoms with Crippen molar-refractivity contribution in [3.8, 4) is 0 Å². The summed E-state index contributed by atoms with van der Waals surface area (Å²) in [4.78, 5) is 67.1. The van der Waals surface area contributed by atoms with Gasteiger partial charge in [-0.05, 0) is 6.92 Å². The van der Waals surface area contributed by atoms with Crippen LogP contribution in [-0.2, 0) is 38.2 Å².